The van der Waals surface area contributed by atoms with Gasteiger partial charge in [-0.25, -0.2) is 0 Å². The van der Waals surface area contributed by atoms with Crippen LogP contribution in [0.1, 0.15) is 22.1 Å². The van der Waals surface area contributed by atoms with E-state index in [1.54, 1.807) is 40.5 Å². The average molecular weight is 330 g/mol. The van der Waals surface area contributed by atoms with Crippen molar-refractivity contribution in [3.05, 3.63) is 57.8 Å². The van der Waals surface area contributed by atoms with Crippen LogP contribution < -0.4 is 5.32 Å². The molecule has 5 nitrogen and oxygen atoms in total. The molecule has 1 aliphatic heterocycles. The minimum Gasteiger partial charge on any atom is -0.378 e. The SMILES string of the molecule is O=C(NCC(=O)N1CCc2sccc2C1)C(O)c1ccccc1. The molecule has 1 aliphatic rings. The monoisotopic (exact) mass is 330 g/mol. The molecular formula is C17H18N2O3S. The Morgan fingerprint density at radius 2 is 2.04 bits per heavy atom. The van der Waals surface area contributed by atoms with E-state index in [9.17, 15) is 14.7 Å². The Morgan fingerprint density at radius 1 is 1.26 bits per heavy atom. The van der Waals surface area contributed by atoms with Gasteiger partial charge >= 0.3 is 0 Å². The normalized spacial score (nSPS) is 14.9. The molecule has 3 rings (SSSR count). The largest absolute Gasteiger partial charge is 0.378 e. The lowest BCUT2D eigenvalue weighted by atomic mass is 10.1. The Kier molecular flexibility index (Phi) is 4.73. The maximum absolute atomic E-state index is 12.2. The minimum absolute atomic E-state index is 0.0950. The smallest absolute Gasteiger partial charge is 0.253 e. The zero-order valence-corrected chi connectivity index (χ0v) is 13.4. The molecule has 0 saturated carbocycles. The van der Waals surface area contributed by atoms with Crippen molar-refractivity contribution in [2.24, 2.45) is 0 Å². The highest BCUT2D eigenvalue weighted by Gasteiger charge is 2.23. The van der Waals surface area contributed by atoms with Crippen molar-refractivity contribution in [1.29, 1.82) is 0 Å². The predicted molar refractivity (Wildman–Crippen MR) is 87.9 cm³/mol. The van der Waals surface area contributed by atoms with Crippen molar-refractivity contribution >= 4 is 23.2 Å². The Bertz CT molecular complexity index is 699. The average Bonchev–Trinajstić information content (AvgIpc) is 3.07. The lowest BCUT2D eigenvalue weighted by Gasteiger charge is -2.27. The van der Waals surface area contributed by atoms with E-state index < -0.39 is 12.0 Å². The van der Waals surface area contributed by atoms with E-state index in [1.807, 2.05) is 17.5 Å². The highest BCUT2D eigenvalue weighted by Crippen LogP contribution is 2.23. The first kappa shape index (κ1) is 15.7. The summed E-state index contributed by atoms with van der Waals surface area (Å²) < 4.78 is 0. The predicted octanol–water partition coefficient (Wildman–Crippen LogP) is 1.48. The van der Waals surface area contributed by atoms with Crippen molar-refractivity contribution in [3.63, 3.8) is 0 Å². The van der Waals surface area contributed by atoms with Crippen LogP contribution in [0.2, 0.25) is 0 Å². The summed E-state index contributed by atoms with van der Waals surface area (Å²) in [5.41, 5.74) is 1.70. The molecule has 2 N–H and O–H groups in total. The van der Waals surface area contributed by atoms with E-state index in [2.05, 4.69) is 5.32 Å². The molecule has 23 heavy (non-hydrogen) atoms. The van der Waals surface area contributed by atoms with Gasteiger partial charge in [0.25, 0.3) is 5.91 Å². The molecule has 0 radical (unpaired) electrons. The fraction of sp³-hybridized carbons (Fsp3) is 0.294. The van der Waals surface area contributed by atoms with Gasteiger partial charge in [0.1, 0.15) is 0 Å². The van der Waals surface area contributed by atoms with Gasteiger partial charge in [0.2, 0.25) is 5.91 Å². The van der Waals surface area contributed by atoms with Crippen molar-refractivity contribution in [2.45, 2.75) is 19.1 Å². The van der Waals surface area contributed by atoms with Gasteiger partial charge in [-0.3, -0.25) is 9.59 Å². The van der Waals surface area contributed by atoms with Crippen molar-refractivity contribution in [1.82, 2.24) is 10.2 Å². The van der Waals surface area contributed by atoms with E-state index in [-0.39, 0.29) is 12.5 Å². The van der Waals surface area contributed by atoms with E-state index >= 15 is 0 Å². The number of hydrogen-bond acceptors (Lipinski definition) is 4. The first-order valence-corrected chi connectivity index (χ1v) is 8.37. The lowest BCUT2D eigenvalue weighted by molar-refractivity contribution is -0.136. The van der Waals surface area contributed by atoms with Gasteiger partial charge in [0, 0.05) is 18.0 Å². The maximum atomic E-state index is 12.2. The first-order valence-electron chi connectivity index (χ1n) is 7.49. The maximum Gasteiger partial charge on any atom is 0.253 e. The van der Waals surface area contributed by atoms with E-state index in [1.165, 1.54) is 10.4 Å². The zero-order valence-electron chi connectivity index (χ0n) is 12.6. The third-order valence-electron chi connectivity index (χ3n) is 3.94. The highest BCUT2D eigenvalue weighted by atomic mass is 32.1. The highest BCUT2D eigenvalue weighted by molar-refractivity contribution is 7.10. The van der Waals surface area contributed by atoms with Gasteiger partial charge in [-0.05, 0) is 29.0 Å². The molecule has 1 atom stereocenters. The summed E-state index contributed by atoms with van der Waals surface area (Å²) >= 11 is 1.72. The van der Waals surface area contributed by atoms with Crippen molar-refractivity contribution < 1.29 is 14.7 Å². The number of carbonyl (C=O) groups excluding carboxylic acids is 2. The zero-order chi connectivity index (χ0) is 16.2. The second kappa shape index (κ2) is 6.93. The molecule has 0 fully saturated rings. The third-order valence-corrected chi connectivity index (χ3v) is 4.96. The molecule has 1 aromatic carbocycles. The van der Waals surface area contributed by atoms with Crippen LogP contribution >= 0.6 is 11.3 Å². The number of amides is 2. The number of benzene rings is 1. The Morgan fingerprint density at radius 3 is 2.83 bits per heavy atom. The first-order chi connectivity index (χ1) is 11.1. The standard InChI is InChI=1S/C17H18N2O3S/c20-15(19-8-6-14-13(11-19)7-9-23-14)10-18-17(22)16(21)12-4-2-1-3-5-12/h1-5,7,9,16,21H,6,8,10-11H2,(H,18,22). The van der Waals surface area contributed by atoms with Crippen LogP contribution in [0.3, 0.4) is 0 Å². The molecule has 0 saturated heterocycles. The van der Waals surface area contributed by atoms with Crippen molar-refractivity contribution in [3.8, 4) is 0 Å². The number of aliphatic hydroxyl groups is 1. The Labute approximate surface area is 138 Å². The van der Waals surface area contributed by atoms with Gasteiger partial charge in [-0.1, -0.05) is 30.3 Å². The molecule has 0 bridgehead atoms. The molecule has 1 unspecified atom stereocenters. The molecule has 2 amide bonds. The number of fused-ring (bicyclic) bond motifs is 1. The van der Waals surface area contributed by atoms with Crippen molar-refractivity contribution in [2.75, 3.05) is 13.1 Å². The molecule has 6 heteroatoms. The number of nitrogens with zero attached hydrogens (tertiary/aromatic N) is 1. The summed E-state index contributed by atoms with van der Waals surface area (Å²) in [4.78, 5) is 27.3. The molecule has 2 heterocycles. The number of rotatable bonds is 4. The van der Waals surface area contributed by atoms with Crippen LogP contribution in [0, 0.1) is 0 Å². The fourth-order valence-electron chi connectivity index (χ4n) is 2.62. The minimum atomic E-state index is -1.26. The van der Waals surface area contributed by atoms with Crippen LogP contribution in [0.15, 0.2) is 41.8 Å². The van der Waals surface area contributed by atoms with Gasteiger partial charge in [0.15, 0.2) is 6.10 Å². The second-order valence-corrected chi connectivity index (χ2v) is 6.47. The van der Waals surface area contributed by atoms with Gasteiger partial charge in [-0.2, -0.15) is 0 Å². The Hall–Kier alpha value is -2.18. The third kappa shape index (κ3) is 3.60. The van der Waals surface area contributed by atoms with Crippen LogP contribution in [-0.4, -0.2) is 34.9 Å². The molecule has 0 spiro atoms. The molecule has 1 aromatic heterocycles. The fourth-order valence-corrected chi connectivity index (χ4v) is 3.51. The molecule has 120 valence electrons. The second-order valence-electron chi connectivity index (χ2n) is 5.47. The van der Waals surface area contributed by atoms with E-state index in [0.29, 0.717) is 18.7 Å². The number of aliphatic hydroxyl groups excluding tert-OH is 1. The number of hydrogen-bond donors (Lipinski definition) is 2. The van der Waals surface area contributed by atoms with Crippen LogP contribution in [0.5, 0.6) is 0 Å². The van der Waals surface area contributed by atoms with Gasteiger partial charge < -0.3 is 15.3 Å². The van der Waals surface area contributed by atoms with E-state index in [4.69, 9.17) is 0 Å². The van der Waals surface area contributed by atoms with Crippen LogP contribution in [-0.2, 0) is 22.6 Å². The summed E-state index contributed by atoms with van der Waals surface area (Å²) in [5.74, 6) is -0.687. The number of carbonyl (C=O) groups is 2. The van der Waals surface area contributed by atoms with Crippen LogP contribution in [0.4, 0.5) is 0 Å². The molecule has 0 aliphatic carbocycles. The summed E-state index contributed by atoms with van der Waals surface area (Å²) in [6.07, 6.45) is -0.395. The number of nitrogens with one attached hydrogen (secondary N) is 1. The van der Waals surface area contributed by atoms with Gasteiger partial charge in [0.05, 0.1) is 6.54 Å². The molecule has 2 aromatic rings. The molecular weight excluding hydrogens is 312 g/mol. The topological polar surface area (TPSA) is 69.6 Å². The number of thiophene rings is 1. The summed E-state index contributed by atoms with van der Waals surface area (Å²) in [7, 11) is 0. The van der Waals surface area contributed by atoms with Crippen LogP contribution in [0.25, 0.3) is 0 Å². The van der Waals surface area contributed by atoms with E-state index in [0.717, 1.165) is 6.42 Å². The summed E-state index contributed by atoms with van der Waals surface area (Å²) in [6.45, 7) is 1.17. The quantitative estimate of drug-likeness (QED) is 0.892. The Balaban J connectivity index is 1.52. The summed E-state index contributed by atoms with van der Waals surface area (Å²) in [5, 5.41) is 14.5. The lowest BCUT2D eigenvalue weighted by Crippen LogP contribution is -2.43. The van der Waals surface area contributed by atoms with Gasteiger partial charge in [-0.15, -0.1) is 11.3 Å². The summed E-state index contributed by atoms with van der Waals surface area (Å²) in [6, 6.07) is 10.7.